The highest BCUT2D eigenvalue weighted by Crippen LogP contribution is 2.33. The summed E-state index contributed by atoms with van der Waals surface area (Å²) in [5.74, 6) is -0.595. The molecule has 0 saturated heterocycles. The second-order valence-corrected chi connectivity index (χ2v) is 8.87. The molecule has 3 heterocycles. The van der Waals surface area contributed by atoms with Crippen LogP contribution < -0.4 is 0 Å². The lowest BCUT2D eigenvalue weighted by Gasteiger charge is -2.20. The van der Waals surface area contributed by atoms with Gasteiger partial charge in [-0.2, -0.15) is 28.3 Å². The molecule has 4 rings (SSSR count). The highest BCUT2D eigenvalue weighted by molar-refractivity contribution is 8.26. The summed E-state index contributed by atoms with van der Waals surface area (Å²) < 4.78 is 41.2. The van der Waals surface area contributed by atoms with Crippen LogP contribution in [0.15, 0.2) is 46.0 Å². The third kappa shape index (κ3) is 4.39. The van der Waals surface area contributed by atoms with Gasteiger partial charge in [0.2, 0.25) is 5.17 Å². The van der Waals surface area contributed by atoms with Crippen LogP contribution in [0.3, 0.4) is 0 Å². The predicted molar refractivity (Wildman–Crippen MR) is 125 cm³/mol. The topological polar surface area (TPSA) is 73.8 Å². The van der Waals surface area contributed by atoms with Crippen LogP contribution in [0.5, 0.6) is 0 Å². The van der Waals surface area contributed by atoms with Crippen LogP contribution in [0.1, 0.15) is 48.7 Å². The highest BCUT2D eigenvalue weighted by atomic mass is 32.2. The largest absolute Gasteiger partial charge is 0.416 e. The third-order valence-corrected chi connectivity index (χ3v) is 6.41. The van der Waals surface area contributed by atoms with Crippen LogP contribution in [0.25, 0.3) is 11.8 Å². The van der Waals surface area contributed by atoms with Crippen LogP contribution in [-0.2, 0) is 11.0 Å². The number of amidine groups is 2. The number of carbonyl (C=O) groups excluding carboxylic acids is 1. The van der Waals surface area contributed by atoms with Crippen LogP contribution in [0.4, 0.5) is 13.2 Å². The Hall–Kier alpha value is -3.14. The molecule has 33 heavy (non-hydrogen) atoms. The Labute approximate surface area is 193 Å². The van der Waals surface area contributed by atoms with Gasteiger partial charge in [0.25, 0.3) is 5.91 Å². The molecule has 2 aromatic rings. The zero-order valence-electron chi connectivity index (χ0n) is 18.3. The maximum Gasteiger partial charge on any atom is 0.416 e. The number of nitrogens with zero attached hydrogens (tertiary/aromatic N) is 4. The Morgan fingerprint density at radius 1 is 1.21 bits per heavy atom. The number of fused-ring (bicyclic) bond motifs is 1. The Kier molecular flexibility index (Phi) is 6.04. The van der Waals surface area contributed by atoms with Crippen molar-refractivity contribution in [2.45, 2.75) is 46.2 Å². The predicted octanol–water partition coefficient (Wildman–Crippen LogP) is 5.92. The van der Waals surface area contributed by atoms with Crippen molar-refractivity contribution in [3.05, 3.63) is 58.4 Å². The standard InChI is InChI=1S/C23H22F3N5OS/c1-4-5-9-19-29-31-20(27)18(21(32)28-22(31)33-19)11-15-10-13(2)30(14(15)3)17-8-6-7-16(12-17)23(24,25)26/h6-8,10-12,27H,4-5,9H2,1-3H3/b18-11-,27-20?. The number of benzene rings is 1. The minimum absolute atomic E-state index is 0.0622. The van der Waals surface area contributed by atoms with Gasteiger partial charge >= 0.3 is 6.18 Å². The second kappa shape index (κ2) is 8.66. The van der Waals surface area contributed by atoms with Gasteiger partial charge in [0.15, 0.2) is 5.84 Å². The number of hydrogen-bond acceptors (Lipinski definition) is 4. The number of thioether (sulfide) groups is 1. The number of carbonyl (C=O) groups is 1. The number of unbranched alkanes of at least 4 members (excludes halogenated alkanes) is 1. The Morgan fingerprint density at radius 3 is 2.67 bits per heavy atom. The number of nitrogens with one attached hydrogen (secondary N) is 1. The molecule has 0 bridgehead atoms. The molecule has 1 aromatic heterocycles. The van der Waals surface area contributed by atoms with E-state index in [1.54, 1.807) is 36.6 Å². The number of hydrazone groups is 1. The molecule has 0 aliphatic carbocycles. The van der Waals surface area contributed by atoms with Gasteiger partial charge in [0.1, 0.15) is 5.04 Å². The van der Waals surface area contributed by atoms with Crippen molar-refractivity contribution in [2.75, 3.05) is 0 Å². The molecule has 0 unspecified atom stereocenters. The first-order valence-corrected chi connectivity index (χ1v) is 11.3. The van der Waals surface area contributed by atoms with E-state index >= 15 is 0 Å². The van der Waals surface area contributed by atoms with E-state index in [0.29, 0.717) is 27.8 Å². The summed E-state index contributed by atoms with van der Waals surface area (Å²) in [6.45, 7) is 5.62. The molecule has 0 spiro atoms. The fourth-order valence-electron chi connectivity index (χ4n) is 3.77. The third-order valence-electron chi connectivity index (χ3n) is 5.44. The normalized spacial score (nSPS) is 17.5. The molecule has 0 radical (unpaired) electrons. The quantitative estimate of drug-likeness (QED) is 0.548. The van der Waals surface area contributed by atoms with E-state index in [-0.39, 0.29) is 11.4 Å². The average molecular weight is 474 g/mol. The number of halogens is 3. The summed E-state index contributed by atoms with van der Waals surface area (Å²) in [5, 5.41) is 15.5. The van der Waals surface area contributed by atoms with Gasteiger partial charge in [-0.15, -0.1) is 0 Å². The van der Waals surface area contributed by atoms with Crippen LogP contribution in [-0.4, -0.2) is 31.5 Å². The molecule has 1 aromatic carbocycles. The Morgan fingerprint density at radius 2 is 1.97 bits per heavy atom. The number of aromatic nitrogens is 1. The summed E-state index contributed by atoms with van der Waals surface area (Å²) >= 11 is 1.30. The number of alkyl halides is 3. The summed E-state index contributed by atoms with van der Waals surface area (Å²) in [5.41, 5.74) is 1.70. The molecule has 172 valence electrons. The van der Waals surface area contributed by atoms with Gasteiger partial charge in [0.05, 0.1) is 11.1 Å². The van der Waals surface area contributed by atoms with Crippen LogP contribution in [0.2, 0.25) is 0 Å². The van der Waals surface area contributed by atoms with E-state index in [1.807, 2.05) is 0 Å². The van der Waals surface area contributed by atoms with Gasteiger partial charge < -0.3 is 4.57 Å². The van der Waals surface area contributed by atoms with Gasteiger partial charge in [-0.05, 0) is 74.4 Å². The van der Waals surface area contributed by atoms with Crippen molar-refractivity contribution < 1.29 is 18.0 Å². The molecule has 0 saturated carbocycles. The molecule has 2 aliphatic heterocycles. The minimum atomic E-state index is -4.45. The first-order chi connectivity index (χ1) is 15.6. The van der Waals surface area contributed by atoms with Crippen LogP contribution in [0, 0.1) is 19.3 Å². The van der Waals surface area contributed by atoms with Gasteiger partial charge in [-0.1, -0.05) is 19.4 Å². The number of amides is 1. The monoisotopic (exact) mass is 473 g/mol. The molecule has 0 atom stereocenters. The first kappa shape index (κ1) is 23.0. The summed E-state index contributed by atoms with van der Waals surface area (Å²) in [4.78, 5) is 16.8. The number of hydrogen-bond donors (Lipinski definition) is 1. The van der Waals surface area contributed by atoms with Crippen molar-refractivity contribution in [3.63, 3.8) is 0 Å². The molecule has 2 aliphatic rings. The van der Waals surface area contributed by atoms with E-state index in [4.69, 9.17) is 5.41 Å². The molecule has 6 nitrogen and oxygen atoms in total. The van der Waals surface area contributed by atoms with E-state index in [1.165, 1.54) is 22.8 Å². The second-order valence-electron chi connectivity index (χ2n) is 7.83. The van der Waals surface area contributed by atoms with Gasteiger partial charge in [-0.25, -0.2) is 0 Å². The molecule has 1 amide bonds. The maximum absolute atomic E-state index is 13.2. The maximum atomic E-state index is 13.2. The van der Waals surface area contributed by atoms with E-state index in [9.17, 15) is 18.0 Å². The van der Waals surface area contributed by atoms with E-state index in [2.05, 4.69) is 17.0 Å². The lowest BCUT2D eigenvalue weighted by Crippen LogP contribution is -2.35. The summed E-state index contributed by atoms with van der Waals surface area (Å²) in [7, 11) is 0. The summed E-state index contributed by atoms with van der Waals surface area (Å²) in [6.07, 6.45) is -0.163. The Balaban J connectivity index is 1.69. The smallest absolute Gasteiger partial charge is 0.318 e. The molecule has 1 N–H and O–H groups in total. The highest BCUT2D eigenvalue weighted by Gasteiger charge is 2.35. The fraction of sp³-hybridized carbons (Fsp3) is 0.304. The zero-order valence-corrected chi connectivity index (χ0v) is 19.1. The Bertz CT molecular complexity index is 1240. The SMILES string of the molecule is CCCCC1=NN2C(=N)/C(=C/c3cc(C)n(-c4cccc(C(F)(F)F)c4)c3C)C(=O)N=C2S1. The molecular formula is C23H22F3N5OS. The van der Waals surface area contributed by atoms with Gasteiger partial charge in [-0.3, -0.25) is 10.2 Å². The zero-order chi connectivity index (χ0) is 23.9. The number of aryl methyl sites for hydroxylation is 1. The average Bonchev–Trinajstić information content (AvgIpc) is 3.29. The van der Waals surface area contributed by atoms with Crippen molar-refractivity contribution in [2.24, 2.45) is 10.1 Å². The number of rotatable bonds is 5. The molecule has 0 fully saturated rings. The van der Waals surface area contributed by atoms with E-state index in [0.717, 1.165) is 36.4 Å². The molecular weight excluding hydrogens is 451 g/mol. The van der Waals surface area contributed by atoms with Crippen molar-refractivity contribution >= 4 is 39.8 Å². The first-order valence-electron chi connectivity index (χ1n) is 10.5. The lowest BCUT2D eigenvalue weighted by atomic mass is 10.1. The van der Waals surface area contributed by atoms with Crippen molar-refractivity contribution in [1.29, 1.82) is 5.41 Å². The van der Waals surface area contributed by atoms with Gasteiger partial charge in [0, 0.05) is 17.1 Å². The minimum Gasteiger partial charge on any atom is -0.318 e. The fourth-order valence-corrected chi connectivity index (χ4v) is 4.70. The molecule has 10 heteroatoms. The summed E-state index contributed by atoms with van der Waals surface area (Å²) in [6, 6.07) is 6.86. The van der Waals surface area contributed by atoms with Crippen molar-refractivity contribution in [3.8, 4) is 5.69 Å². The lowest BCUT2D eigenvalue weighted by molar-refractivity contribution is -0.137. The van der Waals surface area contributed by atoms with Crippen molar-refractivity contribution in [1.82, 2.24) is 9.58 Å². The number of aliphatic imine (C=N–C) groups is 1. The van der Waals surface area contributed by atoms with Crippen LogP contribution >= 0.6 is 11.8 Å². The van der Waals surface area contributed by atoms with E-state index < -0.39 is 17.6 Å².